The van der Waals surface area contributed by atoms with Crippen LogP contribution in [0.15, 0.2) is 54.1 Å². The standard InChI is InChI=1S/C22H22N2O4/c1-14-18(12-15-6-3-4-9-19(15)28-14)21(24-11-10-20(24)25)22(26)23-16-7-5-8-17(13-16)27-2/h3-9,12-14,21H,10-11H2,1-2H3,(H,23,26)/t14-,21-/m0/s1. The van der Waals surface area contributed by atoms with Crippen LogP contribution >= 0.6 is 0 Å². The highest BCUT2D eigenvalue weighted by Crippen LogP contribution is 2.34. The minimum Gasteiger partial charge on any atom is -0.497 e. The monoisotopic (exact) mass is 378 g/mol. The van der Waals surface area contributed by atoms with Crippen LogP contribution < -0.4 is 14.8 Å². The summed E-state index contributed by atoms with van der Waals surface area (Å²) in [6.07, 6.45) is 2.11. The van der Waals surface area contributed by atoms with E-state index in [1.165, 1.54) is 0 Å². The average Bonchev–Trinajstić information content (AvgIpc) is 2.70. The van der Waals surface area contributed by atoms with E-state index < -0.39 is 6.04 Å². The van der Waals surface area contributed by atoms with Crippen molar-refractivity contribution in [1.29, 1.82) is 0 Å². The summed E-state index contributed by atoms with van der Waals surface area (Å²) in [6.45, 7) is 2.46. The third kappa shape index (κ3) is 3.33. The number of ether oxygens (including phenoxy) is 2. The third-order valence-corrected chi connectivity index (χ3v) is 5.11. The van der Waals surface area contributed by atoms with E-state index >= 15 is 0 Å². The Kier molecular flexibility index (Phi) is 4.77. The fourth-order valence-corrected chi connectivity index (χ4v) is 3.55. The average molecular weight is 378 g/mol. The number of benzene rings is 2. The number of nitrogens with one attached hydrogen (secondary N) is 1. The molecule has 2 aromatic rings. The molecule has 28 heavy (non-hydrogen) atoms. The van der Waals surface area contributed by atoms with Crippen molar-refractivity contribution in [3.05, 3.63) is 59.7 Å². The zero-order valence-electron chi connectivity index (χ0n) is 15.8. The molecule has 1 fully saturated rings. The quantitative estimate of drug-likeness (QED) is 0.812. The van der Waals surface area contributed by atoms with Gasteiger partial charge >= 0.3 is 0 Å². The molecule has 0 aliphatic carbocycles. The minimum absolute atomic E-state index is 0.0299. The highest BCUT2D eigenvalue weighted by molar-refractivity contribution is 6.01. The van der Waals surface area contributed by atoms with Crippen molar-refractivity contribution in [2.75, 3.05) is 19.0 Å². The number of hydrogen-bond acceptors (Lipinski definition) is 4. The van der Waals surface area contributed by atoms with Crippen molar-refractivity contribution < 1.29 is 19.1 Å². The van der Waals surface area contributed by atoms with Crippen LogP contribution in [0, 0.1) is 0 Å². The number of para-hydroxylation sites is 1. The summed E-state index contributed by atoms with van der Waals surface area (Å²) in [5.74, 6) is 1.14. The molecule has 2 aliphatic rings. The number of rotatable bonds is 5. The van der Waals surface area contributed by atoms with E-state index in [4.69, 9.17) is 9.47 Å². The maximum absolute atomic E-state index is 13.2. The van der Waals surface area contributed by atoms with Crippen LogP contribution in [0.25, 0.3) is 6.08 Å². The molecule has 0 spiro atoms. The molecule has 2 aromatic carbocycles. The third-order valence-electron chi connectivity index (χ3n) is 5.11. The Morgan fingerprint density at radius 2 is 2.07 bits per heavy atom. The molecule has 2 atom stereocenters. The Balaban J connectivity index is 1.67. The van der Waals surface area contributed by atoms with E-state index in [-0.39, 0.29) is 17.9 Å². The van der Waals surface area contributed by atoms with Crippen LogP contribution in [0.1, 0.15) is 18.9 Å². The fraction of sp³-hybridized carbons (Fsp3) is 0.273. The Morgan fingerprint density at radius 3 is 2.79 bits per heavy atom. The zero-order valence-corrected chi connectivity index (χ0v) is 15.8. The summed E-state index contributed by atoms with van der Waals surface area (Å²) in [4.78, 5) is 27.0. The smallest absolute Gasteiger partial charge is 0.251 e. The lowest BCUT2D eigenvalue weighted by Crippen LogP contribution is -2.57. The van der Waals surface area contributed by atoms with Gasteiger partial charge in [-0.15, -0.1) is 0 Å². The molecule has 4 rings (SSSR count). The van der Waals surface area contributed by atoms with Crippen molar-refractivity contribution in [1.82, 2.24) is 4.90 Å². The Hall–Kier alpha value is -3.28. The number of methoxy groups -OCH3 is 1. The van der Waals surface area contributed by atoms with Crippen molar-refractivity contribution in [3.63, 3.8) is 0 Å². The maximum atomic E-state index is 13.2. The molecule has 0 unspecified atom stereocenters. The lowest BCUT2D eigenvalue weighted by molar-refractivity contribution is -0.146. The van der Waals surface area contributed by atoms with Crippen molar-refractivity contribution >= 4 is 23.6 Å². The molecule has 2 amide bonds. The summed E-state index contributed by atoms with van der Waals surface area (Å²) in [5.41, 5.74) is 2.29. The number of β-lactam (4-membered cyclic amide) rings is 1. The van der Waals surface area contributed by atoms with Crippen molar-refractivity contribution in [2.45, 2.75) is 25.5 Å². The number of likely N-dealkylation sites (tertiary alicyclic amines) is 1. The van der Waals surface area contributed by atoms with Crippen LogP contribution in [-0.4, -0.2) is 42.5 Å². The number of amides is 2. The molecule has 0 radical (unpaired) electrons. The summed E-state index contributed by atoms with van der Waals surface area (Å²) in [6, 6.07) is 14.1. The van der Waals surface area contributed by atoms with E-state index in [0.717, 1.165) is 16.9 Å². The van der Waals surface area contributed by atoms with Gasteiger partial charge in [-0.3, -0.25) is 9.59 Å². The number of fused-ring (bicyclic) bond motifs is 1. The van der Waals surface area contributed by atoms with Gasteiger partial charge in [0.05, 0.1) is 7.11 Å². The first-order valence-corrected chi connectivity index (χ1v) is 9.28. The van der Waals surface area contributed by atoms with E-state index in [0.29, 0.717) is 24.4 Å². The Morgan fingerprint density at radius 1 is 1.25 bits per heavy atom. The number of carbonyl (C=O) groups is 2. The zero-order chi connectivity index (χ0) is 19.7. The number of hydrogen-bond donors (Lipinski definition) is 1. The van der Waals surface area contributed by atoms with Crippen LogP contribution in [0.2, 0.25) is 0 Å². The fourth-order valence-electron chi connectivity index (χ4n) is 3.55. The molecule has 0 saturated carbocycles. The van der Waals surface area contributed by atoms with Gasteiger partial charge in [0, 0.05) is 35.9 Å². The molecular formula is C22H22N2O4. The van der Waals surface area contributed by atoms with Gasteiger partial charge in [-0.25, -0.2) is 0 Å². The predicted molar refractivity (Wildman–Crippen MR) is 106 cm³/mol. The first-order valence-electron chi connectivity index (χ1n) is 9.28. The van der Waals surface area contributed by atoms with Crippen LogP contribution in [0.3, 0.4) is 0 Å². The highest BCUT2D eigenvalue weighted by atomic mass is 16.5. The Bertz CT molecular complexity index is 953. The number of nitrogens with zero attached hydrogens (tertiary/aromatic N) is 1. The highest BCUT2D eigenvalue weighted by Gasteiger charge is 2.41. The topological polar surface area (TPSA) is 67.9 Å². The van der Waals surface area contributed by atoms with E-state index in [9.17, 15) is 9.59 Å². The van der Waals surface area contributed by atoms with Gasteiger partial charge in [0.1, 0.15) is 23.6 Å². The van der Waals surface area contributed by atoms with Gasteiger partial charge < -0.3 is 19.7 Å². The lowest BCUT2D eigenvalue weighted by Gasteiger charge is -2.40. The first kappa shape index (κ1) is 18.1. The molecule has 2 heterocycles. The molecule has 1 saturated heterocycles. The first-order chi connectivity index (χ1) is 13.6. The number of anilines is 1. The minimum atomic E-state index is -0.712. The van der Waals surface area contributed by atoms with E-state index in [1.807, 2.05) is 43.3 Å². The summed E-state index contributed by atoms with van der Waals surface area (Å²) >= 11 is 0. The maximum Gasteiger partial charge on any atom is 0.251 e. The van der Waals surface area contributed by atoms with Gasteiger partial charge in [-0.05, 0) is 31.2 Å². The molecule has 6 heteroatoms. The Labute approximate surface area is 163 Å². The largest absolute Gasteiger partial charge is 0.497 e. The second-order valence-electron chi connectivity index (χ2n) is 6.90. The predicted octanol–water partition coefficient (Wildman–Crippen LogP) is 3.10. The molecular weight excluding hydrogens is 356 g/mol. The molecule has 0 bridgehead atoms. The molecule has 0 aromatic heterocycles. The normalized spacial score (nSPS) is 18.9. The SMILES string of the molecule is COc1cccc(NC(=O)[C@H](C2=Cc3ccccc3O[C@H]2C)N2CCC2=O)c1. The van der Waals surface area contributed by atoms with Crippen LogP contribution in [0.4, 0.5) is 5.69 Å². The van der Waals surface area contributed by atoms with Crippen molar-refractivity contribution in [3.8, 4) is 11.5 Å². The second kappa shape index (κ2) is 7.38. The summed E-state index contributed by atoms with van der Waals surface area (Å²) < 4.78 is 11.2. The van der Waals surface area contributed by atoms with E-state index in [1.54, 1.807) is 30.2 Å². The van der Waals surface area contributed by atoms with Gasteiger partial charge in [-0.2, -0.15) is 0 Å². The second-order valence-corrected chi connectivity index (χ2v) is 6.90. The van der Waals surface area contributed by atoms with Gasteiger partial charge in [-0.1, -0.05) is 24.3 Å². The molecule has 1 N–H and O–H groups in total. The summed E-state index contributed by atoms with van der Waals surface area (Å²) in [7, 11) is 1.58. The van der Waals surface area contributed by atoms with Gasteiger partial charge in [0.15, 0.2) is 0 Å². The molecule has 2 aliphatic heterocycles. The molecule has 144 valence electrons. The van der Waals surface area contributed by atoms with Crippen molar-refractivity contribution in [2.24, 2.45) is 0 Å². The van der Waals surface area contributed by atoms with Gasteiger partial charge in [0.2, 0.25) is 5.91 Å². The van der Waals surface area contributed by atoms with Crippen LogP contribution in [0.5, 0.6) is 11.5 Å². The lowest BCUT2D eigenvalue weighted by atomic mass is 9.92. The summed E-state index contributed by atoms with van der Waals surface area (Å²) in [5, 5.41) is 2.92. The molecule has 6 nitrogen and oxygen atoms in total. The van der Waals surface area contributed by atoms with E-state index in [2.05, 4.69) is 5.32 Å². The van der Waals surface area contributed by atoms with Gasteiger partial charge in [0.25, 0.3) is 5.91 Å². The van der Waals surface area contributed by atoms with Crippen LogP contribution in [-0.2, 0) is 9.59 Å². The number of carbonyl (C=O) groups excluding carboxylic acids is 2.